The SMILES string of the molecule is C[C@@H](OC(C)(C)C)[C@H](NC(=O)[C@@H](N)Cc1ccccc1)C(=O)N[C@@H](COC(C)(C)C)C(=O)O. The molecule has 0 aromatic heterocycles. The van der Waals surface area contributed by atoms with Crippen LogP contribution in [0.15, 0.2) is 30.3 Å². The maximum absolute atomic E-state index is 13.1. The van der Waals surface area contributed by atoms with Crippen LogP contribution in [0, 0.1) is 0 Å². The molecule has 1 rings (SSSR count). The van der Waals surface area contributed by atoms with E-state index in [4.69, 9.17) is 15.2 Å². The van der Waals surface area contributed by atoms with Crippen LogP contribution >= 0.6 is 0 Å². The van der Waals surface area contributed by atoms with Crippen molar-refractivity contribution < 1.29 is 29.0 Å². The van der Waals surface area contributed by atoms with Crippen molar-refractivity contribution in [1.82, 2.24) is 10.6 Å². The predicted molar refractivity (Wildman–Crippen MR) is 126 cm³/mol. The van der Waals surface area contributed by atoms with Crippen LogP contribution in [-0.2, 0) is 30.3 Å². The van der Waals surface area contributed by atoms with E-state index in [2.05, 4.69) is 10.6 Å². The zero-order valence-electron chi connectivity index (χ0n) is 20.7. The number of amides is 2. The summed E-state index contributed by atoms with van der Waals surface area (Å²) in [5.74, 6) is -2.49. The first-order valence-electron chi connectivity index (χ1n) is 11.0. The molecule has 186 valence electrons. The van der Waals surface area contributed by atoms with Crippen molar-refractivity contribution in [3.05, 3.63) is 35.9 Å². The number of carbonyl (C=O) groups excluding carboxylic acids is 2. The second-order valence-corrected chi connectivity index (χ2v) is 10.0. The topological polar surface area (TPSA) is 140 Å². The van der Waals surface area contributed by atoms with Gasteiger partial charge in [-0.25, -0.2) is 4.79 Å². The standard InChI is InChI=1S/C24H39N3O6/c1-15(33-24(5,6)7)19(21(29)26-18(22(30)31)14-32-23(2,3)4)27-20(28)17(25)13-16-11-9-8-10-12-16/h8-12,15,17-19H,13-14,25H2,1-7H3,(H,26,29)(H,27,28)(H,30,31)/t15-,17+,18+,19+/m1/s1. The first-order valence-corrected chi connectivity index (χ1v) is 11.0. The maximum atomic E-state index is 13.1. The normalized spacial score (nSPS) is 15.8. The number of carboxylic acids is 1. The van der Waals surface area contributed by atoms with Gasteiger partial charge in [0.2, 0.25) is 11.8 Å². The highest BCUT2D eigenvalue weighted by Gasteiger charge is 2.34. The number of carbonyl (C=O) groups is 3. The molecule has 0 bridgehead atoms. The third-order valence-electron chi connectivity index (χ3n) is 4.52. The highest BCUT2D eigenvalue weighted by molar-refractivity contribution is 5.92. The Morgan fingerprint density at radius 3 is 2.03 bits per heavy atom. The maximum Gasteiger partial charge on any atom is 0.328 e. The van der Waals surface area contributed by atoms with Gasteiger partial charge in [-0.3, -0.25) is 9.59 Å². The van der Waals surface area contributed by atoms with E-state index in [0.717, 1.165) is 5.56 Å². The zero-order chi connectivity index (χ0) is 25.4. The minimum Gasteiger partial charge on any atom is -0.480 e. The number of hydrogen-bond acceptors (Lipinski definition) is 6. The van der Waals surface area contributed by atoms with Crippen LogP contribution in [-0.4, -0.2) is 64.9 Å². The van der Waals surface area contributed by atoms with Gasteiger partial charge in [-0.2, -0.15) is 0 Å². The average molecular weight is 466 g/mol. The summed E-state index contributed by atoms with van der Waals surface area (Å²) in [7, 11) is 0. The molecule has 0 aliphatic heterocycles. The van der Waals surface area contributed by atoms with E-state index in [1.807, 2.05) is 51.1 Å². The fourth-order valence-electron chi connectivity index (χ4n) is 3.01. The molecule has 0 unspecified atom stereocenters. The Balaban J connectivity index is 2.98. The molecule has 0 saturated heterocycles. The number of carboxylic acid groups (broad SMARTS) is 1. The molecule has 0 aliphatic rings. The van der Waals surface area contributed by atoms with E-state index in [1.54, 1.807) is 27.7 Å². The Bertz CT molecular complexity index is 786. The molecular formula is C24H39N3O6. The predicted octanol–water partition coefficient (Wildman–Crippen LogP) is 1.63. The number of benzene rings is 1. The summed E-state index contributed by atoms with van der Waals surface area (Å²) in [5, 5.41) is 14.6. The molecule has 0 aliphatic carbocycles. The molecule has 33 heavy (non-hydrogen) atoms. The van der Waals surface area contributed by atoms with E-state index in [9.17, 15) is 19.5 Å². The molecular weight excluding hydrogens is 426 g/mol. The number of nitrogens with one attached hydrogen (secondary N) is 2. The molecule has 0 heterocycles. The number of ether oxygens (including phenoxy) is 2. The highest BCUT2D eigenvalue weighted by atomic mass is 16.5. The number of hydrogen-bond donors (Lipinski definition) is 4. The first kappa shape index (κ1) is 28.5. The van der Waals surface area contributed by atoms with Gasteiger partial charge in [0.1, 0.15) is 6.04 Å². The van der Waals surface area contributed by atoms with Gasteiger partial charge in [0.15, 0.2) is 6.04 Å². The number of nitrogens with two attached hydrogens (primary N) is 1. The monoisotopic (exact) mass is 465 g/mol. The molecule has 0 spiro atoms. The second-order valence-electron chi connectivity index (χ2n) is 10.0. The molecule has 2 amide bonds. The van der Waals surface area contributed by atoms with Crippen LogP contribution in [0.2, 0.25) is 0 Å². The molecule has 0 radical (unpaired) electrons. The Kier molecular flexibility index (Phi) is 10.5. The minimum absolute atomic E-state index is 0.229. The summed E-state index contributed by atoms with van der Waals surface area (Å²) < 4.78 is 11.4. The van der Waals surface area contributed by atoms with Crippen molar-refractivity contribution in [3.63, 3.8) is 0 Å². The third-order valence-corrected chi connectivity index (χ3v) is 4.52. The summed E-state index contributed by atoms with van der Waals surface area (Å²) >= 11 is 0. The Morgan fingerprint density at radius 1 is 0.970 bits per heavy atom. The largest absolute Gasteiger partial charge is 0.480 e. The first-order chi connectivity index (χ1) is 15.1. The lowest BCUT2D eigenvalue weighted by molar-refractivity contribution is -0.148. The molecule has 0 fully saturated rings. The van der Waals surface area contributed by atoms with E-state index >= 15 is 0 Å². The van der Waals surface area contributed by atoms with Gasteiger partial charge < -0.3 is 30.9 Å². The molecule has 9 nitrogen and oxygen atoms in total. The van der Waals surface area contributed by atoms with E-state index in [0.29, 0.717) is 0 Å². The summed E-state index contributed by atoms with van der Waals surface area (Å²) in [5.41, 5.74) is 5.77. The van der Waals surface area contributed by atoms with Crippen molar-refractivity contribution in [2.75, 3.05) is 6.61 Å². The Hall–Kier alpha value is -2.49. The van der Waals surface area contributed by atoms with Crippen LogP contribution in [0.25, 0.3) is 0 Å². The lowest BCUT2D eigenvalue weighted by atomic mass is 10.0. The van der Waals surface area contributed by atoms with Crippen molar-refractivity contribution in [1.29, 1.82) is 0 Å². The lowest BCUT2D eigenvalue weighted by Gasteiger charge is -2.32. The Morgan fingerprint density at radius 2 is 1.55 bits per heavy atom. The van der Waals surface area contributed by atoms with Gasteiger partial charge in [0.25, 0.3) is 0 Å². The summed E-state index contributed by atoms with van der Waals surface area (Å²) in [6.07, 6.45) is -0.469. The molecule has 4 atom stereocenters. The third kappa shape index (κ3) is 11.3. The van der Waals surface area contributed by atoms with E-state index in [1.165, 1.54) is 0 Å². The summed E-state index contributed by atoms with van der Waals surface area (Å²) in [4.78, 5) is 37.5. The number of rotatable bonds is 11. The van der Waals surface area contributed by atoms with Gasteiger partial charge >= 0.3 is 5.97 Å². The van der Waals surface area contributed by atoms with Crippen LogP contribution in [0.1, 0.15) is 54.0 Å². The lowest BCUT2D eigenvalue weighted by Crippen LogP contribution is -2.60. The van der Waals surface area contributed by atoms with Crippen molar-refractivity contribution in [2.45, 2.75) is 90.3 Å². The summed E-state index contributed by atoms with van der Waals surface area (Å²) in [6, 6.07) is 5.92. The minimum atomic E-state index is -1.30. The molecule has 0 saturated carbocycles. The van der Waals surface area contributed by atoms with Gasteiger partial charge in [-0.1, -0.05) is 30.3 Å². The van der Waals surface area contributed by atoms with Crippen LogP contribution < -0.4 is 16.4 Å². The van der Waals surface area contributed by atoms with Crippen LogP contribution in [0.4, 0.5) is 0 Å². The number of aliphatic carboxylic acids is 1. The molecule has 1 aromatic carbocycles. The average Bonchev–Trinajstić information content (AvgIpc) is 2.67. The van der Waals surface area contributed by atoms with Gasteiger partial charge in [-0.05, 0) is 60.5 Å². The van der Waals surface area contributed by atoms with Crippen molar-refractivity contribution in [2.24, 2.45) is 5.73 Å². The molecule has 9 heteroatoms. The van der Waals surface area contributed by atoms with E-state index < -0.39 is 53.2 Å². The summed E-state index contributed by atoms with van der Waals surface area (Å²) in [6.45, 7) is 12.2. The van der Waals surface area contributed by atoms with Gasteiger partial charge in [0.05, 0.1) is 30.0 Å². The smallest absolute Gasteiger partial charge is 0.328 e. The zero-order valence-corrected chi connectivity index (χ0v) is 20.7. The van der Waals surface area contributed by atoms with Crippen LogP contribution in [0.3, 0.4) is 0 Å². The second kappa shape index (κ2) is 12.1. The van der Waals surface area contributed by atoms with Crippen molar-refractivity contribution in [3.8, 4) is 0 Å². The quantitative estimate of drug-likeness (QED) is 0.389. The van der Waals surface area contributed by atoms with Gasteiger partial charge in [-0.15, -0.1) is 0 Å². The van der Waals surface area contributed by atoms with Crippen LogP contribution in [0.5, 0.6) is 0 Å². The fourth-order valence-corrected chi connectivity index (χ4v) is 3.01. The molecule has 1 aromatic rings. The van der Waals surface area contributed by atoms with Crippen molar-refractivity contribution >= 4 is 17.8 Å². The molecule has 5 N–H and O–H groups in total. The Labute approximate surface area is 196 Å². The van der Waals surface area contributed by atoms with Gasteiger partial charge in [0, 0.05) is 0 Å². The van der Waals surface area contributed by atoms with E-state index in [-0.39, 0.29) is 13.0 Å². The highest BCUT2D eigenvalue weighted by Crippen LogP contribution is 2.14. The fraction of sp³-hybridized carbons (Fsp3) is 0.625.